The van der Waals surface area contributed by atoms with Crippen molar-refractivity contribution in [2.75, 3.05) is 0 Å². The lowest BCUT2D eigenvalue weighted by molar-refractivity contribution is 0.321. The maximum atomic E-state index is 8.19. The van der Waals surface area contributed by atoms with Gasteiger partial charge in [0.1, 0.15) is 0 Å². The Balaban J connectivity index is 2.96. The molecule has 1 aromatic carbocycles. The first-order chi connectivity index (χ1) is 5.75. The largest absolute Gasteiger partial charge is 0.411 e. The van der Waals surface area contributed by atoms with Gasteiger partial charge in [0.2, 0.25) is 0 Å². The zero-order valence-corrected chi connectivity index (χ0v) is 7.68. The van der Waals surface area contributed by atoms with Gasteiger partial charge in [0.15, 0.2) is 0 Å². The molecule has 0 spiro atoms. The van der Waals surface area contributed by atoms with E-state index in [1.165, 1.54) is 6.21 Å². The van der Waals surface area contributed by atoms with Crippen molar-refractivity contribution in [3.8, 4) is 0 Å². The summed E-state index contributed by atoms with van der Waals surface area (Å²) in [7, 11) is 0. The van der Waals surface area contributed by atoms with E-state index in [0.29, 0.717) is 16.5 Å². The molecule has 0 fully saturated rings. The number of benzene rings is 1. The SMILES string of the molecule is O/N=C/Cc1c(Cl)cccc1Cl. The molecule has 0 heterocycles. The highest BCUT2D eigenvalue weighted by molar-refractivity contribution is 6.36. The van der Waals surface area contributed by atoms with Crippen LogP contribution in [0.5, 0.6) is 0 Å². The molecule has 0 aliphatic heterocycles. The second-order valence-electron chi connectivity index (χ2n) is 2.20. The van der Waals surface area contributed by atoms with Crippen LogP contribution in [0.15, 0.2) is 23.4 Å². The van der Waals surface area contributed by atoms with Crippen LogP contribution in [0.3, 0.4) is 0 Å². The lowest BCUT2D eigenvalue weighted by Crippen LogP contribution is -1.88. The van der Waals surface area contributed by atoms with Gasteiger partial charge in [-0.05, 0) is 17.7 Å². The minimum absolute atomic E-state index is 0.439. The summed E-state index contributed by atoms with van der Waals surface area (Å²) >= 11 is 11.7. The Bertz CT molecular complexity index is 279. The molecule has 0 aromatic heterocycles. The predicted octanol–water partition coefficient (Wildman–Crippen LogP) is 3.00. The minimum atomic E-state index is 0.439. The first kappa shape index (κ1) is 9.36. The van der Waals surface area contributed by atoms with Gasteiger partial charge in [-0.2, -0.15) is 0 Å². The molecule has 0 aliphatic carbocycles. The van der Waals surface area contributed by atoms with Crippen molar-refractivity contribution in [2.24, 2.45) is 5.16 Å². The highest BCUT2D eigenvalue weighted by atomic mass is 35.5. The molecule has 0 atom stereocenters. The van der Waals surface area contributed by atoms with E-state index in [9.17, 15) is 0 Å². The van der Waals surface area contributed by atoms with Crippen LogP contribution >= 0.6 is 23.2 Å². The van der Waals surface area contributed by atoms with E-state index in [1.54, 1.807) is 18.2 Å². The first-order valence-corrected chi connectivity index (χ1v) is 4.10. The third-order valence-electron chi connectivity index (χ3n) is 1.44. The van der Waals surface area contributed by atoms with Crippen molar-refractivity contribution in [3.63, 3.8) is 0 Å². The monoisotopic (exact) mass is 203 g/mol. The van der Waals surface area contributed by atoms with E-state index < -0.39 is 0 Å². The molecule has 1 N–H and O–H groups in total. The average Bonchev–Trinajstić information content (AvgIpc) is 2.04. The molecular formula is C8H7Cl2NO. The molecular weight excluding hydrogens is 197 g/mol. The van der Waals surface area contributed by atoms with Crippen molar-refractivity contribution in [2.45, 2.75) is 6.42 Å². The number of halogens is 2. The fraction of sp³-hybridized carbons (Fsp3) is 0.125. The van der Waals surface area contributed by atoms with Gasteiger partial charge < -0.3 is 5.21 Å². The van der Waals surface area contributed by atoms with Gasteiger partial charge in [0.05, 0.1) is 0 Å². The Labute approximate surface area is 80.4 Å². The zero-order chi connectivity index (χ0) is 8.97. The van der Waals surface area contributed by atoms with E-state index in [2.05, 4.69) is 5.16 Å². The second-order valence-corrected chi connectivity index (χ2v) is 3.02. The molecule has 0 saturated heterocycles. The highest BCUT2D eigenvalue weighted by Crippen LogP contribution is 2.23. The van der Waals surface area contributed by atoms with Crippen LogP contribution < -0.4 is 0 Å². The van der Waals surface area contributed by atoms with E-state index in [4.69, 9.17) is 28.4 Å². The maximum absolute atomic E-state index is 8.19. The Morgan fingerprint density at radius 3 is 2.42 bits per heavy atom. The molecule has 12 heavy (non-hydrogen) atoms. The summed E-state index contributed by atoms with van der Waals surface area (Å²) in [5, 5.41) is 12.2. The standard InChI is InChI=1S/C8H7Cl2NO/c9-7-2-1-3-8(10)6(7)4-5-11-12/h1-3,5,12H,4H2/b11-5+. The quantitative estimate of drug-likeness (QED) is 0.448. The number of hydrogen-bond acceptors (Lipinski definition) is 2. The van der Waals surface area contributed by atoms with Crippen LogP contribution in [0, 0.1) is 0 Å². The van der Waals surface area contributed by atoms with Crippen LogP contribution in [-0.4, -0.2) is 11.4 Å². The van der Waals surface area contributed by atoms with E-state index >= 15 is 0 Å². The molecule has 4 heteroatoms. The summed E-state index contributed by atoms with van der Waals surface area (Å²) < 4.78 is 0. The van der Waals surface area contributed by atoms with Crippen LogP contribution in [0.25, 0.3) is 0 Å². The molecule has 0 radical (unpaired) electrons. The number of rotatable bonds is 2. The molecule has 0 saturated carbocycles. The number of hydrogen-bond donors (Lipinski definition) is 1. The van der Waals surface area contributed by atoms with Gasteiger partial charge in [-0.1, -0.05) is 29.3 Å². The third kappa shape index (κ3) is 2.13. The lowest BCUT2D eigenvalue weighted by Gasteiger charge is -2.01. The van der Waals surface area contributed by atoms with E-state index in [-0.39, 0.29) is 0 Å². The molecule has 1 aromatic rings. The van der Waals surface area contributed by atoms with Gasteiger partial charge in [0.25, 0.3) is 0 Å². The van der Waals surface area contributed by atoms with Crippen molar-refractivity contribution in [1.82, 2.24) is 0 Å². The second kappa shape index (κ2) is 4.33. The Kier molecular flexibility index (Phi) is 3.38. The Hall–Kier alpha value is -0.730. The smallest absolute Gasteiger partial charge is 0.0480 e. The zero-order valence-electron chi connectivity index (χ0n) is 6.17. The molecule has 1 rings (SSSR count). The Morgan fingerprint density at radius 2 is 1.92 bits per heavy atom. The fourth-order valence-corrected chi connectivity index (χ4v) is 1.41. The molecule has 2 nitrogen and oxygen atoms in total. The van der Waals surface area contributed by atoms with Crippen LogP contribution in [0.1, 0.15) is 5.56 Å². The minimum Gasteiger partial charge on any atom is -0.411 e. The van der Waals surface area contributed by atoms with Crippen molar-refractivity contribution >= 4 is 29.4 Å². The first-order valence-electron chi connectivity index (χ1n) is 3.34. The summed E-state index contributed by atoms with van der Waals surface area (Å²) in [6, 6.07) is 5.26. The predicted molar refractivity (Wildman–Crippen MR) is 50.4 cm³/mol. The van der Waals surface area contributed by atoms with Gasteiger partial charge >= 0.3 is 0 Å². The van der Waals surface area contributed by atoms with Crippen molar-refractivity contribution in [1.29, 1.82) is 0 Å². The molecule has 0 bridgehead atoms. The number of oxime groups is 1. The van der Waals surface area contributed by atoms with Crippen LogP contribution in [-0.2, 0) is 6.42 Å². The third-order valence-corrected chi connectivity index (χ3v) is 2.15. The topological polar surface area (TPSA) is 32.6 Å². The van der Waals surface area contributed by atoms with Crippen LogP contribution in [0.4, 0.5) is 0 Å². The molecule has 64 valence electrons. The molecule has 0 amide bonds. The average molecular weight is 204 g/mol. The van der Waals surface area contributed by atoms with E-state index in [0.717, 1.165) is 5.56 Å². The highest BCUT2D eigenvalue weighted by Gasteiger charge is 2.02. The summed E-state index contributed by atoms with van der Waals surface area (Å²) in [4.78, 5) is 0. The van der Waals surface area contributed by atoms with Gasteiger partial charge in [0, 0.05) is 22.7 Å². The van der Waals surface area contributed by atoms with Crippen molar-refractivity contribution < 1.29 is 5.21 Å². The molecule has 0 aliphatic rings. The summed E-state index contributed by atoms with van der Waals surface area (Å²) in [6.07, 6.45) is 1.78. The van der Waals surface area contributed by atoms with Crippen LogP contribution in [0.2, 0.25) is 10.0 Å². The normalized spacial score (nSPS) is 10.8. The summed E-state index contributed by atoms with van der Waals surface area (Å²) in [6.45, 7) is 0. The lowest BCUT2D eigenvalue weighted by atomic mass is 10.2. The van der Waals surface area contributed by atoms with E-state index in [1.807, 2.05) is 0 Å². The maximum Gasteiger partial charge on any atom is 0.0480 e. The van der Waals surface area contributed by atoms with Gasteiger partial charge in [-0.3, -0.25) is 0 Å². The van der Waals surface area contributed by atoms with Crippen molar-refractivity contribution in [3.05, 3.63) is 33.8 Å². The summed E-state index contributed by atoms with van der Waals surface area (Å²) in [5.41, 5.74) is 0.777. The molecule has 0 unspecified atom stereocenters. The van der Waals surface area contributed by atoms with Gasteiger partial charge in [-0.25, -0.2) is 0 Å². The number of nitrogens with zero attached hydrogens (tertiary/aromatic N) is 1. The Morgan fingerprint density at radius 1 is 1.33 bits per heavy atom. The fourth-order valence-electron chi connectivity index (χ4n) is 0.859. The van der Waals surface area contributed by atoms with Gasteiger partial charge in [-0.15, -0.1) is 5.16 Å². The summed E-state index contributed by atoms with van der Waals surface area (Å²) in [5.74, 6) is 0.